The van der Waals surface area contributed by atoms with Gasteiger partial charge in [-0.05, 0) is 24.0 Å². The van der Waals surface area contributed by atoms with Crippen molar-refractivity contribution in [3.8, 4) is 5.75 Å². The molecule has 17 heavy (non-hydrogen) atoms. The topological polar surface area (TPSA) is 44.6 Å². The molecule has 0 aromatic heterocycles. The number of halogens is 1. The molecule has 1 aliphatic heterocycles. The maximum Gasteiger partial charge on any atom is 0.136 e. The summed E-state index contributed by atoms with van der Waals surface area (Å²) in [5.74, 6) is 1.66. The number of phenols is 1. The molecule has 0 radical (unpaired) electrons. The first-order valence-electron chi connectivity index (χ1n) is 5.88. The third-order valence-corrected chi connectivity index (χ3v) is 3.04. The van der Waals surface area contributed by atoms with Crippen molar-refractivity contribution < 1.29 is 5.11 Å². The van der Waals surface area contributed by atoms with Gasteiger partial charge >= 0.3 is 0 Å². The minimum Gasteiger partial charge on any atom is -0.506 e. The lowest BCUT2D eigenvalue weighted by atomic mass is 10.1. The number of benzene rings is 1. The van der Waals surface area contributed by atoms with E-state index in [0.29, 0.717) is 10.9 Å². The van der Waals surface area contributed by atoms with Gasteiger partial charge in [-0.3, -0.25) is 4.99 Å². The van der Waals surface area contributed by atoms with Crippen LogP contribution in [0.2, 0.25) is 5.02 Å². The number of aliphatic imine (C=N–C) groups is 1. The number of fused-ring (bicyclic) bond motifs is 1. The van der Waals surface area contributed by atoms with Gasteiger partial charge in [-0.25, -0.2) is 0 Å². The van der Waals surface area contributed by atoms with Crippen LogP contribution in [0.15, 0.2) is 17.1 Å². The summed E-state index contributed by atoms with van der Waals surface area (Å²) in [6, 6.07) is 3.49. The predicted molar refractivity (Wildman–Crippen MR) is 72.2 cm³/mol. The van der Waals surface area contributed by atoms with Gasteiger partial charge in [-0.1, -0.05) is 25.4 Å². The molecule has 0 atom stereocenters. The second-order valence-electron chi connectivity index (χ2n) is 4.76. The third kappa shape index (κ3) is 2.91. The molecule has 0 amide bonds. The Bertz CT molecular complexity index is 455. The molecule has 0 spiro atoms. The number of anilines is 1. The Morgan fingerprint density at radius 2 is 2.24 bits per heavy atom. The van der Waals surface area contributed by atoms with Gasteiger partial charge in [0.1, 0.15) is 11.6 Å². The molecule has 0 aliphatic carbocycles. The van der Waals surface area contributed by atoms with Crippen LogP contribution < -0.4 is 5.32 Å². The van der Waals surface area contributed by atoms with E-state index in [9.17, 15) is 5.11 Å². The van der Waals surface area contributed by atoms with Crippen LogP contribution in [-0.4, -0.2) is 17.5 Å². The lowest BCUT2D eigenvalue weighted by Gasteiger charge is -2.12. The lowest BCUT2D eigenvalue weighted by molar-refractivity contribution is 0.475. The van der Waals surface area contributed by atoms with E-state index in [1.807, 2.05) is 6.07 Å². The van der Waals surface area contributed by atoms with Gasteiger partial charge in [0.15, 0.2) is 0 Å². The van der Waals surface area contributed by atoms with Crippen molar-refractivity contribution >= 4 is 23.1 Å². The Morgan fingerprint density at radius 3 is 2.94 bits per heavy atom. The Labute approximate surface area is 107 Å². The van der Waals surface area contributed by atoms with Gasteiger partial charge in [-0.15, -0.1) is 0 Å². The first-order chi connectivity index (χ1) is 8.06. The molecule has 0 saturated carbocycles. The molecule has 3 nitrogen and oxygen atoms in total. The highest BCUT2D eigenvalue weighted by molar-refractivity contribution is 6.32. The number of phenolic OH excluding ortho intramolecular Hbond substituents is 1. The number of nitrogens with zero attached hydrogens (tertiary/aromatic N) is 1. The molecular weight excluding hydrogens is 236 g/mol. The molecule has 1 aromatic rings. The fraction of sp³-hybridized carbons (Fsp3) is 0.462. The van der Waals surface area contributed by atoms with Crippen LogP contribution >= 0.6 is 11.6 Å². The van der Waals surface area contributed by atoms with Crippen LogP contribution in [0.3, 0.4) is 0 Å². The highest BCUT2D eigenvalue weighted by Crippen LogP contribution is 2.31. The van der Waals surface area contributed by atoms with Crippen LogP contribution in [0, 0.1) is 5.92 Å². The van der Waals surface area contributed by atoms with E-state index in [4.69, 9.17) is 11.6 Å². The van der Waals surface area contributed by atoms with E-state index in [-0.39, 0.29) is 5.75 Å². The summed E-state index contributed by atoms with van der Waals surface area (Å²) < 4.78 is 0. The first-order valence-corrected chi connectivity index (χ1v) is 6.26. The molecule has 92 valence electrons. The number of nitrogens with one attached hydrogen (secondary N) is 1. The summed E-state index contributed by atoms with van der Waals surface area (Å²) in [6.45, 7) is 5.09. The number of rotatable bonds is 2. The number of amidine groups is 1. The van der Waals surface area contributed by atoms with Gasteiger partial charge in [-0.2, -0.15) is 0 Å². The maximum atomic E-state index is 9.62. The molecule has 0 saturated heterocycles. The molecule has 2 rings (SSSR count). The van der Waals surface area contributed by atoms with E-state index in [0.717, 1.165) is 36.5 Å². The van der Waals surface area contributed by atoms with E-state index in [1.165, 1.54) is 0 Å². The summed E-state index contributed by atoms with van der Waals surface area (Å²) in [4.78, 5) is 4.52. The van der Waals surface area contributed by atoms with Crippen LogP contribution in [-0.2, 0) is 6.42 Å². The third-order valence-electron chi connectivity index (χ3n) is 2.74. The predicted octanol–water partition coefficient (Wildman–Crippen LogP) is 3.46. The summed E-state index contributed by atoms with van der Waals surface area (Å²) in [5.41, 5.74) is 2.03. The van der Waals surface area contributed by atoms with Crippen molar-refractivity contribution in [2.75, 3.05) is 11.9 Å². The zero-order chi connectivity index (χ0) is 12.4. The average Bonchev–Trinajstić information content (AvgIpc) is 2.40. The second-order valence-corrected chi connectivity index (χ2v) is 5.17. The lowest BCUT2D eigenvalue weighted by Crippen LogP contribution is -2.14. The van der Waals surface area contributed by atoms with E-state index in [1.54, 1.807) is 6.07 Å². The van der Waals surface area contributed by atoms with Crippen LogP contribution in [0.4, 0.5) is 5.69 Å². The van der Waals surface area contributed by atoms with Gasteiger partial charge in [0.05, 0.1) is 5.02 Å². The molecule has 4 heteroatoms. The minimum absolute atomic E-state index is 0.115. The van der Waals surface area contributed by atoms with E-state index in [2.05, 4.69) is 24.2 Å². The molecule has 0 bridgehead atoms. The monoisotopic (exact) mass is 252 g/mol. The number of aromatic hydroxyl groups is 1. The van der Waals surface area contributed by atoms with Gasteiger partial charge in [0.2, 0.25) is 0 Å². The highest BCUT2D eigenvalue weighted by Gasteiger charge is 2.13. The second kappa shape index (κ2) is 4.96. The molecule has 1 aliphatic rings. The zero-order valence-corrected chi connectivity index (χ0v) is 10.9. The standard InChI is InChI=1S/C13H17ClN2O/c1-8(2)5-13-15-4-3-9-6-10(14)12(17)7-11(9)16-13/h6-8,17H,3-5H2,1-2H3,(H,15,16). The zero-order valence-electron chi connectivity index (χ0n) is 10.1. The van der Waals surface area contributed by atoms with Gasteiger partial charge in [0, 0.05) is 24.7 Å². The molecule has 0 unspecified atom stereocenters. The van der Waals surface area contributed by atoms with E-state index >= 15 is 0 Å². The Hall–Kier alpha value is -1.22. The molecule has 1 heterocycles. The summed E-state index contributed by atoms with van der Waals surface area (Å²) >= 11 is 5.90. The van der Waals surface area contributed by atoms with Crippen LogP contribution in [0.25, 0.3) is 0 Å². The highest BCUT2D eigenvalue weighted by atomic mass is 35.5. The van der Waals surface area contributed by atoms with Crippen molar-refractivity contribution in [2.45, 2.75) is 26.7 Å². The fourth-order valence-electron chi connectivity index (χ4n) is 1.93. The van der Waals surface area contributed by atoms with Gasteiger partial charge < -0.3 is 10.4 Å². The smallest absolute Gasteiger partial charge is 0.136 e. The Balaban J connectivity index is 2.27. The molecule has 0 fully saturated rings. The first kappa shape index (κ1) is 12.2. The SMILES string of the molecule is CC(C)CC1=NCCc2cc(Cl)c(O)cc2N1. The van der Waals surface area contributed by atoms with Gasteiger partial charge in [0.25, 0.3) is 0 Å². The quantitative estimate of drug-likeness (QED) is 0.847. The summed E-state index contributed by atoms with van der Waals surface area (Å²) in [6.07, 6.45) is 1.77. The van der Waals surface area contributed by atoms with Crippen molar-refractivity contribution in [1.82, 2.24) is 0 Å². The maximum absolute atomic E-state index is 9.62. The normalized spacial score (nSPS) is 14.9. The molecule has 2 N–H and O–H groups in total. The largest absolute Gasteiger partial charge is 0.506 e. The van der Waals surface area contributed by atoms with Crippen molar-refractivity contribution in [1.29, 1.82) is 0 Å². The summed E-state index contributed by atoms with van der Waals surface area (Å²) in [7, 11) is 0. The van der Waals surface area contributed by atoms with Crippen LogP contribution in [0.1, 0.15) is 25.8 Å². The Morgan fingerprint density at radius 1 is 1.47 bits per heavy atom. The number of hydrogen-bond acceptors (Lipinski definition) is 3. The molecular formula is C13H17ClN2O. The Kier molecular flexibility index (Phi) is 3.57. The van der Waals surface area contributed by atoms with Crippen molar-refractivity contribution in [2.24, 2.45) is 10.9 Å². The molecule has 1 aromatic carbocycles. The average molecular weight is 253 g/mol. The van der Waals surface area contributed by atoms with Crippen molar-refractivity contribution in [3.63, 3.8) is 0 Å². The minimum atomic E-state index is 0.115. The van der Waals surface area contributed by atoms with E-state index < -0.39 is 0 Å². The van der Waals surface area contributed by atoms with Crippen LogP contribution in [0.5, 0.6) is 5.75 Å². The summed E-state index contributed by atoms with van der Waals surface area (Å²) in [5, 5.41) is 13.3. The number of hydrogen-bond donors (Lipinski definition) is 2. The van der Waals surface area contributed by atoms with Crippen molar-refractivity contribution in [3.05, 3.63) is 22.7 Å². The fourth-order valence-corrected chi connectivity index (χ4v) is 2.12.